The van der Waals surface area contributed by atoms with Crippen LogP contribution in [-0.2, 0) is 0 Å². The molecular weight excluding hydrogens is 180 g/mol. The summed E-state index contributed by atoms with van der Waals surface area (Å²) in [6.07, 6.45) is -0.740. The van der Waals surface area contributed by atoms with E-state index in [0.717, 1.165) is 11.3 Å². The fourth-order valence-corrected chi connectivity index (χ4v) is 1.12. The Bertz CT molecular complexity index is 302. The molecule has 0 radical (unpaired) electrons. The first-order chi connectivity index (χ1) is 6.63. The third-order valence-corrected chi connectivity index (χ3v) is 2.00. The minimum absolute atomic E-state index is 0.242. The van der Waals surface area contributed by atoms with Crippen LogP contribution < -0.4 is 11.1 Å². The van der Waals surface area contributed by atoms with Gasteiger partial charge in [0.05, 0.1) is 12.7 Å². The Kier molecular flexibility index (Phi) is 3.73. The topological polar surface area (TPSA) is 78.5 Å². The molecule has 0 bridgehead atoms. The fraction of sp³-hybridized carbons (Fsp3) is 0.400. The maximum absolute atomic E-state index is 9.14. The first-order valence-electron chi connectivity index (χ1n) is 4.52. The van der Waals surface area contributed by atoms with Crippen LogP contribution in [-0.4, -0.2) is 29.5 Å². The Morgan fingerprint density at radius 1 is 1.50 bits per heavy atom. The normalized spacial score (nSPS) is 12.5. The van der Waals surface area contributed by atoms with Gasteiger partial charge in [0.1, 0.15) is 0 Å². The van der Waals surface area contributed by atoms with Gasteiger partial charge >= 0.3 is 0 Å². The summed E-state index contributed by atoms with van der Waals surface area (Å²) in [5.74, 6) is 0. The molecule has 0 aliphatic rings. The summed E-state index contributed by atoms with van der Waals surface area (Å²) >= 11 is 0. The molecule has 0 spiro atoms. The van der Waals surface area contributed by atoms with E-state index in [4.69, 9.17) is 15.9 Å². The van der Waals surface area contributed by atoms with Gasteiger partial charge in [-0.3, -0.25) is 0 Å². The molecule has 0 saturated heterocycles. The summed E-state index contributed by atoms with van der Waals surface area (Å²) in [6.45, 7) is 2.03. The van der Waals surface area contributed by atoms with E-state index in [-0.39, 0.29) is 6.61 Å². The van der Waals surface area contributed by atoms with Crippen LogP contribution in [0.15, 0.2) is 18.2 Å². The molecule has 0 aliphatic carbocycles. The fourth-order valence-electron chi connectivity index (χ4n) is 1.12. The molecule has 0 fully saturated rings. The standard InChI is InChI=1S/C10H16N2O2/c1-7-2-3-8(11)4-10(7)12-5-9(14)6-13/h2-4,9,12-14H,5-6,11H2,1H3. The Morgan fingerprint density at radius 2 is 2.21 bits per heavy atom. The molecule has 0 amide bonds. The van der Waals surface area contributed by atoms with Crippen LogP contribution in [0, 0.1) is 6.92 Å². The summed E-state index contributed by atoms with van der Waals surface area (Å²) in [5, 5.41) is 20.8. The summed E-state index contributed by atoms with van der Waals surface area (Å²) in [6, 6.07) is 5.53. The van der Waals surface area contributed by atoms with E-state index in [9.17, 15) is 0 Å². The number of aliphatic hydroxyl groups excluding tert-OH is 2. The molecule has 4 nitrogen and oxygen atoms in total. The van der Waals surface area contributed by atoms with E-state index >= 15 is 0 Å². The SMILES string of the molecule is Cc1ccc(N)cc1NCC(O)CO. The minimum atomic E-state index is -0.740. The monoisotopic (exact) mass is 196 g/mol. The second kappa shape index (κ2) is 4.83. The highest BCUT2D eigenvalue weighted by Crippen LogP contribution is 2.17. The number of anilines is 2. The van der Waals surface area contributed by atoms with Crippen LogP contribution in [0.5, 0.6) is 0 Å². The van der Waals surface area contributed by atoms with E-state index in [1.165, 1.54) is 0 Å². The lowest BCUT2D eigenvalue weighted by atomic mass is 10.2. The van der Waals surface area contributed by atoms with Gasteiger partial charge in [0.25, 0.3) is 0 Å². The van der Waals surface area contributed by atoms with Crippen molar-refractivity contribution in [3.63, 3.8) is 0 Å². The van der Waals surface area contributed by atoms with Gasteiger partial charge < -0.3 is 21.3 Å². The van der Waals surface area contributed by atoms with Gasteiger partial charge in [-0.15, -0.1) is 0 Å². The molecule has 1 unspecified atom stereocenters. The van der Waals surface area contributed by atoms with Crippen LogP contribution in [0.25, 0.3) is 0 Å². The summed E-state index contributed by atoms with van der Waals surface area (Å²) < 4.78 is 0. The Balaban J connectivity index is 2.62. The number of hydrogen-bond acceptors (Lipinski definition) is 4. The molecule has 1 atom stereocenters. The predicted octanol–water partition coefficient (Wildman–Crippen LogP) is 0.342. The zero-order valence-corrected chi connectivity index (χ0v) is 8.20. The van der Waals surface area contributed by atoms with E-state index in [1.54, 1.807) is 6.07 Å². The van der Waals surface area contributed by atoms with Crippen molar-refractivity contribution in [2.75, 3.05) is 24.2 Å². The number of aliphatic hydroxyl groups is 2. The van der Waals surface area contributed by atoms with Crippen molar-refractivity contribution < 1.29 is 10.2 Å². The van der Waals surface area contributed by atoms with Crippen LogP contribution in [0.4, 0.5) is 11.4 Å². The third kappa shape index (κ3) is 2.90. The highest BCUT2D eigenvalue weighted by atomic mass is 16.3. The van der Waals surface area contributed by atoms with Crippen LogP contribution in [0.2, 0.25) is 0 Å². The first-order valence-corrected chi connectivity index (χ1v) is 4.52. The van der Waals surface area contributed by atoms with Gasteiger partial charge in [0.15, 0.2) is 0 Å². The second-order valence-electron chi connectivity index (χ2n) is 3.29. The highest BCUT2D eigenvalue weighted by molar-refractivity contribution is 5.59. The average Bonchev–Trinajstić information content (AvgIpc) is 2.19. The van der Waals surface area contributed by atoms with Gasteiger partial charge in [-0.2, -0.15) is 0 Å². The smallest absolute Gasteiger partial charge is 0.0942 e. The highest BCUT2D eigenvalue weighted by Gasteiger charge is 2.03. The number of rotatable bonds is 4. The summed E-state index contributed by atoms with van der Waals surface area (Å²) in [5.41, 5.74) is 8.24. The molecule has 0 aromatic heterocycles. The van der Waals surface area contributed by atoms with Gasteiger partial charge in [-0.05, 0) is 24.6 Å². The largest absolute Gasteiger partial charge is 0.399 e. The van der Waals surface area contributed by atoms with Crippen molar-refractivity contribution in [2.45, 2.75) is 13.0 Å². The summed E-state index contributed by atoms with van der Waals surface area (Å²) in [4.78, 5) is 0. The second-order valence-corrected chi connectivity index (χ2v) is 3.29. The maximum Gasteiger partial charge on any atom is 0.0942 e. The van der Waals surface area contributed by atoms with E-state index in [2.05, 4.69) is 5.32 Å². The van der Waals surface area contributed by atoms with Crippen LogP contribution >= 0.6 is 0 Å². The van der Waals surface area contributed by atoms with Crippen molar-refractivity contribution in [1.82, 2.24) is 0 Å². The molecule has 1 rings (SSSR count). The number of nitrogens with one attached hydrogen (secondary N) is 1. The average molecular weight is 196 g/mol. The van der Waals surface area contributed by atoms with Crippen LogP contribution in [0.3, 0.4) is 0 Å². The summed E-state index contributed by atoms with van der Waals surface area (Å²) in [7, 11) is 0. The predicted molar refractivity (Wildman–Crippen MR) is 57.2 cm³/mol. The van der Waals surface area contributed by atoms with E-state index in [1.807, 2.05) is 19.1 Å². The number of aryl methyl sites for hydroxylation is 1. The molecule has 5 N–H and O–H groups in total. The van der Waals surface area contributed by atoms with E-state index in [0.29, 0.717) is 12.2 Å². The molecular formula is C10H16N2O2. The van der Waals surface area contributed by atoms with Crippen LogP contribution in [0.1, 0.15) is 5.56 Å². The van der Waals surface area contributed by atoms with Gasteiger partial charge in [-0.1, -0.05) is 6.07 Å². The van der Waals surface area contributed by atoms with Crippen molar-refractivity contribution in [2.24, 2.45) is 0 Å². The van der Waals surface area contributed by atoms with Crippen molar-refractivity contribution >= 4 is 11.4 Å². The maximum atomic E-state index is 9.14. The first kappa shape index (κ1) is 10.8. The molecule has 0 saturated carbocycles. The lowest BCUT2D eigenvalue weighted by molar-refractivity contribution is 0.105. The number of nitrogen functional groups attached to an aromatic ring is 1. The van der Waals surface area contributed by atoms with Gasteiger partial charge in [0.2, 0.25) is 0 Å². The molecule has 0 aliphatic heterocycles. The molecule has 78 valence electrons. The van der Waals surface area contributed by atoms with Crippen molar-refractivity contribution in [1.29, 1.82) is 0 Å². The molecule has 0 heterocycles. The number of nitrogens with two attached hydrogens (primary N) is 1. The van der Waals surface area contributed by atoms with Crippen molar-refractivity contribution in [3.05, 3.63) is 23.8 Å². The zero-order chi connectivity index (χ0) is 10.6. The number of hydrogen-bond donors (Lipinski definition) is 4. The Morgan fingerprint density at radius 3 is 2.86 bits per heavy atom. The number of benzene rings is 1. The molecule has 14 heavy (non-hydrogen) atoms. The Hall–Kier alpha value is -1.26. The lowest BCUT2D eigenvalue weighted by Crippen LogP contribution is -2.23. The van der Waals surface area contributed by atoms with Crippen molar-refractivity contribution in [3.8, 4) is 0 Å². The lowest BCUT2D eigenvalue weighted by Gasteiger charge is -2.12. The quantitative estimate of drug-likeness (QED) is 0.524. The van der Waals surface area contributed by atoms with E-state index < -0.39 is 6.10 Å². The zero-order valence-electron chi connectivity index (χ0n) is 8.20. The van der Waals surface area contributed by atoms with Gasteiger partial charge in [-0.25, -0.2) is 0 Å². The molecule has 1 aromatic rings. The minimum Gasteiger partial charge on any atom is -0.399 e. The molecule has 4 heteroatoms. The Labute approximate surface area is 83.4 Å². The third-order valence-electron chi connectivity index (χ3n) is 2.00. The van der Waals surface area contributed by atoms with Gasteiger partial charge in [0, 0.05) is 17.9 Å². The molecule has 1 aromatic carbocycles.